The Hall–Kier alpha value is -2.59. The molecule has 2 aromatic heterocycles. The number of halogens is 9. The molecule has 4 heterocycles. The lowest BCUT2D eigenvalue weighted by Gasteiger charge is -2.12. The second kappa shape index (κ2) is 15.0. The number of hydrogen-bond acceptors (Lipinski definition) is 4. The fraction of sp³-hybridized carbons (Fsp3) is 0.333. The third kappa shape index (κ3) is 11.7. The van der Waals surface area contributed by atoms with Gasteiger partial charge in [0.2, 0.25) is 24.0 Å². The van der Waals surface area contributed by atoms with Crippen LogP contribution in [-0.4, -0.2) is 40.9 Å². The van der Waals surface area contributed by atoms with Crippen molar-refractivity contribution in [1.82, 2.24) is 0 Å². The number of aromatic nitrogens is 2. The van der Waals surface area contributed by atoms with E-state index in [0.717, 1.165) is 29.0 Å². The van der Waals surface area contributed by atoms with Crippen molar-refractivity contribution in [2.75, 3.05) is 26.4 Å². The third-order valence-electron chi connectivity index (χ3n) is 5.52. The summed E-state index contributed by atoms with van der Waals surface area (Å²) in [6.45, 7) is 3.95. The number of rotatable bonds is 6. The summed E-state index contributed by atoms with van der Waals surface area (Å²) in [5.74, 6) is 0. The second-order valence-electron chi connectivity index (χ2n) is 8.53. The van der Waals surface area contributed by atoms with Crippen molar-refractivity contribution in [3.8, 4) is 0 Å². The van der Waals surface area contributed by atoms with Crippen molar-refractivity contribution >= 4 is 30.4 Å². The monoisotopic (exact) mass is 658 g/mol. The maximum Gasteiger partial charge on any atom is 0.673 e. The molecular formula is C24H25B2BrF8N2O4. The molecule has 2 fully saturated rings. The minimum Gasteiger partial charge on any atom is -0.418 e. The van der Waals surface area contributed by atoms with Crippen LogP contribution in [0.15, 0.2) is 71.5 Å². The molecule has 41 heavy (non-hydrogen) atoms. The molecule has 2 saturated heterocycles. The zero-order valence-electron chi connectivity index (χ0n) is 21.3. The molecule has 0 radical (unpaired) electrons. The van der Waals surface area contributed by atoms with Gasteiger partial charge in [-0.25, -0.2) is 0 Å². The van der Waals surface area contributed by atoms with E-state index < -0.39 is 14.5 Å². The molecule has 0 spiro atoms. The summed E-state index contributed by atoms with van der Waals surface area (Å²) in [6.07, 6.45) is 3.52. The van der Waals surface area contributed by atoms with Gasteiger partial charge in [-0.3, -0.25) is 0 Å². The first-order valence-electron chi connectivity index (χ1n) is 12.2. The first kappa shape index (κ1) is 32.9. The Bertz CT molecular complexity index is 1160. The van der Waals surface area contributed by atoms with E-state index in [4.69, 9.17) is 18.9 Å². The number of pyridine rings is 2. The fourth-order valence-electron chi connectivity index (χ4n) is 4.00. The Morgan fingerprint density at radius 1 is 0.585 bits per heavy atom. The van der Waals surface area contributed by atoms with E-state index in [2.05, 4.69) is 67.8 Å². The molecule has 2 aliphatic heterocycles. The van der Waals surface area contributed by atoms with Crippen LogP contribution in [0.3, 0.4) is 0 Å². The Balaban J connectivity index is 0.000000400. The standard InChI is InChI=1S/C24H25BrN2O4.2BF4/c25-22-18(16-26-10-3-1-8-20(26)23-28-12-13-29-23)6-5-7-19(22)17-27-11-4-2-9-21(27)24-30-14-15-31-24;2*2-1(3,4)5/h1-11,23-24H,12-17H2;;/q+2;2*-1. The molecule has 0 unspecified atom stereocenters. The summed E-state index contributed by atoms with van der Waals surface area (Å²) in [7, 11) is -12.0. The maximum atomic E-state index is 9.75. The zero-order chi connectivity index (χ0) is 30.0. The van der Waals surface area contributed by atoms with Gasteiger partial charge in [0.1, 0.15) is 0 Å². The van der Waals surface area contributed by atoms with Crippen molar-refractivity contribution < 1.29 is 62.6 Å². The predicted molar refractivity (Wildman–Crippen MR) is 135 cm³/mol. The van der Waals surface area contributed by atoms with Crippen LogP contribution < -0.4 is 9.13 Å². The molecule has 3 aromatic rings. The van der Waals surface area contributed by atoms with Gasteiger partial charge in [-0.05, 0) is 28.1 Å². The number of nitrogens with zero attached hydrogens (tertiary/aromatic N) is 2. The lowest BCUT2D eigenvalue weighted by molar-refractivity contribution is -0.703. The van der Waals surface area contributed by atoms with E-state index in [1.807, 2.05) is 24.3 Å². The van der Waals surface area contributed by atoms with Gasteiger partial charge < -0.3 is 53.5 Å². The fourth-order valence-corrected chi connectivity index (χ4v) is 4.51. The Morgan fingerprint density at radius 2 is 0.927 bits per heavy atom. The highest BCUT2D eigenvalue weighted by molar-refractivity contribution is 9.10. The smallest absolute Gasteiger partial charge is 0.418 e. The van der Waals surface area contributed by atoms with Gasteiger partial charge in [0.05, 0.1) is 26.4 Å². The van der Waals surface area contributed by atoms with Crippen molar-refractivity contribution in [1.29, 1.82) is 0 Å². The van der Waals surface area contributed by atoms with Crippen LogP contribution in [0.4, 0.5) is 34.5 Å². The van der Waals surface area contributed by atoms with E-state index in [1.165, 1.54) is 11.1 Å². The highest BCUT2D eigenvalue weighted by Crippen LogP contribution is 2.25. The van der Waals surface area contributed by atoms with Crippen LogP contribution in [-0.2, 0) is 32.0 Å². The molecule has 6 nitrogen and oxygen atoms in total. The highest BCUT2D eigenvalue weighted by atomic mass is 79.9. The van der Waals surface area contributed by atoms with E-state index in [-0.39, 0.29) is 12.6 Å². The van der Waals surface area contributed by atoms with Gasteiger partial charge in [0, 0.05) is 39.9 Å². The minimum absolute atomic E-state index is 0.308. The van der Waals surface area contributed by atoms with E-state index >= 15 is 0 Å². The van der Waals surface area contributed by atoms with Crippen molar-refractivity contribution in [3.05, 3.63) is 94.0 Å². The number of benzene rings is 1. The molecule has 0 bridgehead atoms. The average Bonchev–Trinajstić information content (AvgIpc) is 3.60. The minimum atomic E-state index is -6.00. The van der Waals surface area contributed by atoms with Crippen LogP contribution in [0.2, 0.25) is 0 Å². The summed E-state index contributed by atoms with van der Waals surface area (Å²) in [5.41, 5.74) is 4.43. The van der Waals surface area contributed by atoms with Gasteiger partial charge in [0.25, 0.3) is 0 Å². The van der Waals surface area contributed by atoms with Crippen LogP contribution in [0.25, 0.3) is 0 Å². The second-order valence-corrected chi connectivity index (χ2v) is 9.33. The van der Waals surface area contributed by atoms with Crippen LogP contribution in [0.5, 0.6) is 0 Å². The Labute approximate surface area is 239 Å². The van der Waals surface area contributed by atoms with Crippen LogP contribution in [0, 0.1) is 0 Å². The molecular weight excluding hydrogens is 634 g/mol. The van der Waals surface area contributed by atoms with Crippen molar-refractivity contribution in [2.24, 2.45) is 0 Å². The van der Waals surface area contributed by atoms with Gasteiger partial charge in [-0.1, -0.05) is 18.2 Å². The molecule has 2 aliphatic rings. The topological polar surface area (TPSA) is 44.7 Å². The average molecular weight is 659 g/mol. The molecule has 5 rings (SSSR count). The molecule has 0 saturated carbocycles. The Morgan fingerprint density at radius 3 is 1.27 bits per heavy atom. The van der Waals surface area contributed by atoms with Crippen LogP contribution in [0.1, 0.15) is 35.1 Å². The molecule has 17 heteroatoms. The molecule has 0 aliphatic carbocycles. The van der Waals surface area contributed by atoms with E-state index in [1.54, 1.807) is 0 Å². The summed E-state index contributed by atoms with van der Waals surface area (Å²) in [6, 6.07) is 18.6. The summed E-state index contributed by atoms with van der Waals surface area (Å²) >= 11 is 3.86. The van der Waals surface area contributed by atoms with Crippen molar-refractivity contribution in [3.63, 3.8) is 0 Å². The van der Waals surface area contributed by atoms with Crippen LogP contribution >= 0.6 is 15.9 Å². The lowest BCUT2D eigenvalue weighted by atomic mass is 10.1. The van der Waals surface area contributed by atoms with Gasteiger partial charge in [0.15, 0.2) is 25.5 Å². The maximum absolute atomic E-state index is 9.75. The van der Waals surface area contributed by atoms with E-state index in [0.29, 0.717) is 26.4 Å². The SMILES string of the molecule is Brc1c(C[n+]2ccccc2C2OCCO2)cccc1C[n+]1ccccc1C1OCCO1.F[B-](F)(F)F.F[B-](F)(F)F. The number of ether oxygens (including phenoxy) is 4. The Kier molecular flexibility index (Phi) is 12.1. The van der Waals surface area contributed by atoms with Gasteiger partial charge >= 0.3 is 14.5 Å². The van der Waals surface area contributed by atoms with E-state index in [9.17, 15) is 34.5 Å². The quantitative estimate of drug-likeness (QED) is 0.191. The van der Waals surface area contributed by atoms with Gasteiger partial charge in [-0.15, -0.1) is 0 Å². The zero-order valence-corrected chi connectivity index (χ0v) is 22.9. The molecule has 0 N–H and O–H groups in total. The predicted octanol–water partition coefficient (Wildman–Crippen LogP) is 5.81. The molecule has 224 valence electrons. The molecule has 0 atom stereocenters. The molecule has 0 amide bonds. The largest absolute Gasteiger partial charge is 0.673 e. The summed E-state index contributed by atoms with van der Waals surface area (Å²) < 4.78 is 106. The molecule has 1 aromatic carbocycles. The lowest BCUT2D eigenvalue weighted by Crippen LogP contribution is -2.41. The number of hydrogen-bond donors (Lipinski definition) is 0. The normalized spacial score (nSPS) is 16.1. The first-order chi connectivity index (χ1) is 19.3. The third-order valence-corrected chi connectivity index (χ3v) is 6.54. The van der Waals surface area contributed by atoms with Crippen molar-refractivity contribution in [2.45, 2.75) is 25.7 Å². The first-order valence-corrected chi connectivity index (χ1v) is 13.0. The summed E-state index contributed by atoms with van der Waals surface area (Å²) in [4.78, 5) is 0. The highest BCUT2D eigenvalue weighted by Gasteiger charge is 2.29. The summed E-state index contributed by atoms with van der Waals surface area (Å²) in [5, 5.41) is 0. The van der Waals surface area contributed by atoms with Gasteiger partial charge in [-0.2, -0.15) is 9.13 Å².